The van der Waals surface area contributed by atoms with Crippen LogP contribution in [0.25, 0.3) is 0 Å². The van der Waals surface area contributed by atoms with Crippen LogP contribution >= 0.6 is 0 Å². The highest BCUT2D eigenvalue weighted by Crippen LogP contribution is 2.28. The van der Waals surface area contributed by atoms with Crippen LogP contribution in [0.5, 0.6) is 0 Å². The van der Waals surface area contributed by atoms with Crippen molar-refractivity contribution in [2.24, 2.45) is 0 Å². The van der Waals surface area contributed by atoms with Gasteiger partial charge in [0.05, 0.1) is 12.2 Å². The van der Waals surface area contributed by atoms with Gasteiger partial charge in [-0.25, -0.2) is 4.79 Å². The number of ether oxygens (including phenoxy) is 2. The van der Waals surface area contributed by atoms with E-state index in [-0.39, 0.29) is 12.2 Å². The Labute approximate surface area is 76.8 Å². The van der Waals surface area contributed by atoms with Gasteiger partial charge in [-0.1, -0.05) is 0 Å². The van der Waals surface area contributed by atoms with E-state index in [1.165, 1.54) is 0 Å². The molecule has 0 unspecified atom stereocenters. The summed E-state index contributed by atoms with van der Waals surface area (Å²) in [7, 11) is 0. The summed E-state index contributed by atoms with van der Waals surface area (Å²) >= 11 is 0. The predicted molar refractivity (Wildman–Crippen MR) is 44.5 cm³/mol. The van der Waals surface area contributed by atoms with Crippen molar-refractivity contribution < 1.29 is 19.4 Å². The molecular weight excluding hydrogens is 172 g/mol. The largest absolute Gasteiger partial charge is 0.479 e. The maximum atomic E-state index is 10.6. The third-order valence-electron chi connectivity index (χ3n) is 2.71. The Balaban J connectivity index is 1.86. The summed E-state index contributed by atoms with van der Waals surface area (Å²) in [6.45, 7) is 0.794. The fourth-order valence-electron chi connectivity index (χ4n) is 2.01. The first-order valence-electron chi connectivity index (χ1n) is 4.77. The summed E-state index contributed by atoms with van der Waals surface area (Å²) in [5.41, 5.74) is 0. The van der Waals surface area contributed by atoms with Gasteiger partial charge in [0.2, 0.25) is 0 Å². The van der Waals surface area contributed by atoms with Gasteiger partial charge in [0.25, 0.3) is 0 Å². The maximum absolute atomic E-state index is 10.6. The summed E-state index contributed by atoms with van der Waals surface area (Å²) in [4.78, 5) is 10.6. The van der Waals surface area contributed by atoms with E-state index in [2.05, 4.69) is 0 Å². The molecule has 0 amide bonds. The second-order valence-corrected chi connectivity index (χ2v) is 3.63. The Kier molecular flexibility index (Phi) is 2.51. The smallest absolute Gasteiger partial charge is 0.332 e. The summed E-state index contributed by atoms with van der Waals surface area (Å²) in [6.07, 6.45) is 3.09. The van der Waals surface area contributed by atoms with Crippen molar-refractivity contribution in [1.82, 2.24) is 0 Å². The highest BCUT2D eigenvalue weighted by molar-refractivity contribution is 5.72. The van der Waals surface area contributed by atoms with Gasteiger partial charge in [-0.05, 0) is 25.7 Å². The normalized spacial score (nSPS) is 39.5. The van der Waals surface area contributed by atoms with Gasteiger partial charge >= 0.3 is 5.97 Å². The lowest BCUT2D eigenvalue weighted by Gasteiger charge is -2.17. The minimum absolute atomic E-state index is 0.0172. The van der Waals surface area contributed by atoms with Gasteiger partial charge in [-0.3, -0.25) is 0 Å². The first-order chi connectivity index (χ1) is 6.27. The van der Waals surface area contributed by atoms with Crippen LogP contribution < -0.4 is 0 Å². The molecule has 0 aromatic heterocycles. The molecule has 0 aliphatic carbocycles. The Morgan fingerprint density at radius 2 is 2.08 bits per heavy atom. The topological polar surface area (TPSA) is 55.8 Å². The van der Waals surface area contributed by atoms with E-state index in [0.29, 0.717) is 6.42 Å². The van der Waals surface area contributed by atoms with E-state index < -0.39 is 12.1 Å². The summed E-state index contributed by atoms with van der Waals surface area (Å²) in [5, 5.41) is 8.71. The summed E-state index contributed by atoms with van der Waals surface area (Å²) in [5.74, 6) is -0.847. The molecule has 1 N–H and O–H groups in total. The van der Waals surface area contributed by atoms with Crippen molar-refractivity contribution in [3.8, 4) is 0 Å². The van der Waals surface area contributed by atoms with Crippen LogP contribution in [-0.4, -0.2) is 36.0 Å². The first kappa shape index (κ1) is 8.97. The van der Waals surface area contributed by atoms with Crippen molar-refractivity contribution in [2.75, 3.05) is 6.61 Å². The second kappa shape index (κ2) is 3.64. The molecule has 2 heterocycles. The molecule has 2 aliphatic heterocycles. The van der Waals surface area contributed by atoms with E-state index >= 15 is 0 Å². The van der Waals surface area contributed by atoms with Crippen LogP contribution in [0.1, 0.15) is 25.7 Å². The van der Waals surface area contributed by atoms with E-state index in [1.807, 2.05) is 0 Å². The van der Waals surface area contributed by atoms with Gasteiger partial charge < -0.3 is 14.6 Å². The minimum atomic E-state index is -0.847. The molecule has 0 saturated carbocycles. The van der Waals surface area contributed by atoms with Gasteiger partial charge in [-0.2, -0.15) is 0 Å². The minimum Gasteiger partial charge on any atom is -0.479 e. The predicted octanol–water partition coefficient (Wildman–Crippen LogP) is 0.798. The summed E-state index contributed by atoms with van der Waals surface area (Å²) < 4.78 is 10.8. The van der Waals surface area contributed by atoms with Gasteiger partial charge in [0, 0.05) is 6.61 Å². The standard InChI is InChI=1S/C9H14O4/c10-9(11)8-4-3-7(13-8)6-2-1-5-12-6/h6-8H,1-5H2,(H,10,11)/t6-,7-,8-/m1/s1. The van der Waals surface area contributed by atoms with Crippen molar-refractivity contribution in [3.63, 3.8) is 0 Å². The molecule has 4 heteroatoms. The number of rotatable bonds is 2. The quantitative estimate of drug-likeness (QED) is 0.693. The zero-order chi connectivity index (χ0) is 9.26. The molecule has 74 valence electrons. The van der Waals surface area contributed by atoms with Crippen LogP contribution in [0, 0.1) is 0 Å². The molecule has 2 saturated heterocycles. The Hall–Kier alpha value is -0.610. The molecule has 0 aromatic carbocycles. The van der Waals surface area contributed by atoms with Crippen LogP contribution in [-0.2, 0) is 14.3 Å². The number of hydrogen-bond donors (Lipinski definition) is 1. The van der Waals surface area contributed by atoms with Crippen LogP contribution in [0.2, 0.25) is 0 Å². The first-order valence-corrected chi connectivity index (χ1v) is 4.77. The molecule has 0 radical (unpaired) electrons. The number of carboxylic acids is 1. The second-order valence-electron chi connectivity index (χ2n) is 3.63. The molecule has 0 bridgehead atoms. The molecule has 2 aliphatic rings. The van der Waals surface area contributed by atoms with Crippen molar-refractivity contribution >= 4 is 5.97 Å². The highest BCUT2D eigenvalue weighted by Gasteiger charge is 2.36. The number of aliphatic carboxylic acids is 1. The zero-order valence-electron chi connectivity index (χ0n) is 7.44. The van der Waals surface area contributed by atoms with E-state index in [1.54, 1.807) is 0 Å². The Morgan fingerprint density at radius 1 is 1.23 bits per heavy atom. The summed E-state index contributed by atoms with van der Waals surface area (Å²) in [6, 6.07) is 0. The molecule has 0 spiro atoms. The Bertz CT molecular complexity index is 198. The lowest BCUT2D eigenvalue weighted by molar-refractivity contribution is -0.152. The SMILES string of the molecule is O=C(O)[C@H]1CC[C@H]([C@H]2CCCO2)O1. The van der Waals surface area contributed by atoms with E-state index in [4.69, 9.17) is 14.6 Å². The number of carbonyl (C=O) groups is 1. The molecular formula is C9H14O4. The molecule has 2 rings (SSSR count). The van der Waals surface area contributed by atoms with Gasteiger partial charge in [0.15, 0.2) is 6.10 Å². The fourth-order valence-corrected chi connectivity index (χ4v) is 2.01. The van der Waals surface area contributed by atoms with Crippen molar-refractivity contribution in [2.45, 2.75) is 44.0 Å². The monoisotopic (exact) mass is 186 g/mol. The van der Waals surface area contributed by atoms with Gasteiger partial charge in [-0.15, -0.1) is 0 Å². The lowest BCUT2D eigenvalue weighted by Crippen LogP contribution is -2.28. The molecule has 0 aromatic rings. The fraction of sp³-hybridized carbons (Fsp3) is 0.889. The number of carboxylic acid groups (broad SMARTS) is 1. The maximum Gasteiger partial charge on any atom is 0.332 e. The third kappa shape index (κ3) is 1.84. The highest BCUT2D eigenvalue weighted by atomic mass is 16.6. The Morgan fingerprint density at radius 3 is 2.62 bits per heavy atom. The van der Waals surface area contributed by atoms with E-state index in [9.17, 15) is 4.79 Å². The lowest BCUT2D eigenvalue weighted by atomic mass is 10.1. The average Bonchev–Trinajstić information content (AvgIpc) is 2.75. The molecule has 3 atom stereocenters. The molecule has 4 nitrogen and oxygen atoms in total. The van der Waals surface area contributed by atoms with Crippen molar-refractivity contribution in [1.29, 1.82) is 0 Å². The zero-order valence-corrected chi connectivity index (χ0v) is 7.44. The number of hydrogen-bond acceptors (Lipinski definition) is 3. The third-order valence-corrected chi connectivity index (χ3v) is 2.71. The average molecular weight is 186 g/mol. The van der Waals surface area contributed by atoms with Gasteiger partial charge in [0.1, 0.15) is 0 Å². The molecule has 13 heavy (non-hydrogen) atoms. The van der Waals surface area contributed by atoms with Crippen molar-refractivity contribution in [3.05, 3.63) is 0 Å². The van der Waals surface area contributed by atoms with Crippen LogP contribution in [0.4, 0.5) is 0 Å². The molecule has 2 fully saturated rings. The van der Waals surface area contributed by atoms with Crippen LogP contribution in [0.15, 0.2) is 0 Å². The van der Waals surface area contributed by atoms with E-state index in [0.717, 1.165) is 25.9 Å². The van der Waals surface area contributed by atoms with Crippen LogP contribution in [0.3, 0.4) is 0 Å².